The first-order chi connectivity index (χ1) is 13.7. The van der Waals surface area contributed by atoms with E-state index in [0.29, 0.717) is 5.69 Å². The van der Waals surface area contributed by atoms with Crippen molar-refractivity contribution in [3.8, 4) is 0 Å². The third-order valence-electron chi connectivity index (χ3n) is 4.20. The molecule has 0 unspecified atom stereocenters. The van der Waals surface area contributed by atoms with Crippen molar-refractivity contribution >= 4 is 27.6 Å². The van der Waals surface area contributed by atoms with Crippen molar-refractivity contribution < 1.29 is 27.1 Å². The third-order valence-corrected chi connectivity index (χ3v) is 6.24. The second-order valence-corrected chi connectivity index (χ2v) is 8.07. The first-order valence-electron chi connectivity index (χ1n) is 9.07. The molecule has 9 heteroatoms. The number of para-hydroxylation sites is 1. The monoisotopic (exact) mass is 422 g/mol. The average molecular weight is 422 g/mol. The molecule has 0 aromatic heterocycles. The Morgan fingerprint density at radius 2 is 1.72 bits per heavy atom. The van der Waals surface area contributed by atoms with Crippen LogP contribution in [0.3, 0.4) is 0 Å². The van der Waals surface area contributed by atoms with Crippen LogP contribution in [0.1, 0.15) is 31.1 Å². The second-order valence-electron chi connectivity index (χ2n) is 6.13. The molecule has 2 aromatic rings. The molecule has 0 saturated heterocycles. The lowest BCUT2D eigenvalue weighted by Gasteiger charge is -2.19. The summed E-state index contributed by atoms with van der Waals surface area (Å²) in [7, 11) is -3.88. The minimum absolute atomic E-state index is 0.226. The van der Waals surface area contributed by atoms with Gasteiger partial charge in [0.1, 0.15) is 5.82 Å². The number of anilines is 1. The van der Waals surface area contributed by atoms with E-state index in [-0.39, 0.29) is 18.0 Å². The number of carbonyl (C=O) groups excluding carboxylic acids is 2. The van der Waals surface area contributed by atoms with Gasteiger partial charge in [-0.05, 0) is 37.3 Å². The Balaban J connectivity index is 2.19. The highest BCUT2D eigenvalue weighted by Crippen LogP contribution is 2.20. The lowest BCUT2D eigenvalue weighted by Crippen LogP contribution is -2.31. The molecule has 0 aliphatic rings. The number of halogens is 1. The number of carbonyl (C=O) groups is 2. The van der Waals surface area contributed by atoms with E-state index in [4.69, 9.17) is 4.74 Å². The fraction of sp³-hybridized carbons (Fsp3) is 0.300. The van der Waals surface area contributed by atoms with E-state index >= 15 is 0 Å². The normalized spacial score (nSPS) is 12.4. The molecule has 0 saturated carbocycles. The molecule has 0 aliphatic heterocycles. The molecule has 0 aliphatic carbocycles. The van der Waals surface area contributed by atoms with E-state index in [1.54, 1.807) is 44.2 Å². The van der Waals surface area contributed by atoms with Crippen LogP contribution in [0, 0.1) is 5.82 Å². The molecule has 1 amide bonds. The predicted octanol–water partition coefficient (Wildman–Crippen LogP) is 3.04. The topological polar surface area (TPSA) is 92.8 Å². The maximum Gasteiger partial charge on any atom is 0.341 e. The van der Waals surface area contributed by atoms with E-state index in [2.05, 4.69) is 5.32 Å². The highest BCUT2D eigenvalue weighted by Gasteiger charge is 2.26. The minimum atomic E-state index is -3.88. The Morgan fingerprint density at radius 1 is 1.10 bits per heavy atom. The molecule has 0 fully saturated rings. The lowest BCUT2D eigenvalue weighted by atomic mass is 10.2. The van der Waals surface area contributed by atoms with Crippen LogP contribution in [-0.2, 0) is 19.6 Å². The van der Waals surface area contributed by atoms with E-state index in [9.17, 15) is 22.4 Å². The van der Waals surface area contributed by atoms with E-state index in [1.807, 2.05) is 0 Å². The van der Waals surface area contributed by atoms with Crippen molar-refractivity contribution in [1.82, 2.24) is 4.31 Å². The number of sulfonamides is 1. The van der Waals surface area contributed by atoms with Crippen LogP contribution in [0.15, 0.2) is 53.4 Å². The van der Waals surface area contributed by atoms with Gasteiger partial charge in [0.15, 0.2) is 6.10 Å². The Labute approximate surface area is 169 Å². The summed E-state index contributed by atoms with van der Waals surface area (Å²) < 4.78 is 45.6. The van der Waals surface area contributed by atoms with Crippen LogP contribution in [0.4, 0.5) is 10.1 Å². The standard InChI is InChI=1S/C20H23FN2O5S/c1-4-23(5-2)29(26,27)16-11-12-18(21)17(13-16)20(25)28-14(3)19(24)22-15-9-7-6-8-10-15/h6-14H,4-5H2,1-3H3,(H,22,24)/t14-/m1/s1. The highest BCUT2D eigenvalue weighted by molar-refractivity contribution is 7.89. The molecule has 0 spiro atoms. The molecule has 2 rings (SSSR count). The van der Waals surface area contributed by atoms with Crippen molar-refractivity contribution in [2.45, 2.75) is 31.8 Å². The summed E-state index contributed by atoms with van der Waals surface area (Å²) in [5, 5.41) is 2.57. The maximum atomic E-state index is 14.2. The predicted molar refractivity (Wildman–Crippen MR) is 106 cm³/mol. The van der Waals surface area contributed by atoms with E-state index in [0.717, 1.165) is 18.2 Å². The number of rotatable bonds is 8. The van der Waals surface area contributed by atoms with Gasteiger partial charge in [-0.25, -0.2) is 17.6 Å². The van der Waals surface area contributed by atoms with Crippen LogP contribution < -0.4 is 5.32 Å². The van der Waals surface area contributed by atoms with Crippen LogP contribution in [-0.4, -0.2) is 43.8 Å². The summed E-state index contributed by atoms with van der Waals surface area (Å²) in [5.41, 5.74) is -0.0449. The Kier molecular flexibility index (Phi) is 7.46. The lowest BCUT2D eigenvalue weighted by molar-refractivity contribution is -0.123. The quantitative estimate of drug-likeness (QED) is 0.660. The maximum absolute atomic E-state index is 14.2. The Morgan fingerprint density at radius 3 is 2.31 bits per heavy atom. The van der Waals surface area contributed by atoms with Gasteiger partial charge in [0.2, 0.25) is 10.0 Å². The number of amides is 1. The van der Waals surface area contributed by atoms with Crippen LogP contribution in [0.2, 0.25) is 0 Å². The SMILES string of the molecule is CCN(CC)S(=O)(=O)c1ccc(F)c(C(=O)O[C@H](C)C(=O)Nc2ccccc2)c1. The molecule has 29 heavy (non-hydrogen) atoms. The third kappa shape index (κ3) is 5.39. The summed E-state index contributed by atoms with van der Waals surface area (Å²) in [6, 6.07) is 11.5. The molecule has 0 heterocycles. The number of benzene rings is 2. The second kappa shape index (κ2) is 9.62. The van der Waals surface area contributed by atoms with Crippen molar-refractivity contribution in [2.24, 2.45) is 0 Å². The highest BCUT2D eigenvalue weighted by atomic mass is 32.2. The van der Waals surface area contributed by atoms with Gasteiger partial charge < -0.3 is 10.1 Å². The van der Waals surface area contributed by atoms with Crippen molar-refractivity contribution in [3.05, 3.63) is 59.9 Å². The Hall–Kier alpha value is -2.78. The number of hydrogen-bond donors (Lipinski definition) is 1. The number of nitrogens with one attached hydrogen (secondary N) is 1. The molecular weight excluding hydrogens is 399 g/mol. The van der Waals surface area contributed by atoms with Crippen LogP contribution in [0.25, 0.3) is 0 Å². The van der Waals surface area contributed by atoms with Gasteiger partial charge in [-0.1, -0.05) is 32.0 Å². The number of esters is 1. The van der Waals surface area contributed by atoms with Crippen molar-refractivity contribution in [2.75, 3.05) is 18.4 Å². The van der Waals surface area contributed by atoms with Crippen LogP contribution in [0.5, 0.6) is 0 Å². The Bertz CT molecular complexity index is 976. The molecule has 0 radical (unpaired) electrons. The first-order valence-corrected chi connectivity index (χ1v) is 10.5. The van der Waals surface area contributed by atoms with Gasteiger partial charge in [-0.2, -0.15) is 4.31 Å². The number of hydrogen-bond acceptors (Lipinski definition) is 5. The van der Waals surface area contributed by atoms with Crippen LogP contribution >= 0.6 is 0 Å². The number of ether oxygens (including phenoxy) is 1. The zero-order chi connectivity index (χ0) is 21.6. The summed E-state index contributed by atoms with van der Waals surface area (Å²) >= 11 is 0. The van der Waals surface area contributed by atoms with Gasteiger partial charge in [-0.15, -0.1) is 0 Å². The van der Waals surface area contributed by atoms with Gasteiger partial charge in [0, 0.05) is 18.8 Å². The van der Waals surface area contributed by atoms with Crippen molar-refractivity contribution in [3.63, 3.8) is 0 Å². The molecule has 156 valence electrons. The summed E-state index contributed by atoms with van der Waals surface area (Å²) in [6.07, 6.45) is -1.22. The van der Waals surface area contributed by atoms with Gasteiger partial charge in [0.05, 0.1) is 10.5 Å². The first kappa shape index (κ1) is 22.5. The largest absolute Gasteiger partial charge is 0.449 e. The van der Waals surface area contributed by atoms with Gasteiger partial charge in [-0.3, -0.25) is 4.79 Å². The smallest absolute Gasteiger partial charge is 0.341 e. The molecule has 1 N–H and O–H groups in total. The fourth-order valence-electron chi connectivity index (χ4n) is 2.58. The van der Waals surface area contributed by atoms with Crippen molar-refractivity contribution in [1.29, 1.82) is 0 Å². The van der Waals surface area contributed by atoms with Gasteiger partial charge in [0.25, 0.3) is 5.91 Å². The summed E-state index contributed by atoms with van der Waals surface area (Å²) in [5.74, 6) is -2.67. The molecule has 0 bridgehead atoms. The van der Waals surface area contributed by atoms with Gasteiger partial charge >= 0.3 is 5.97 Å². The molecular formula is C20H23FN2O5S. The van der Waals surface area contributed by atoms with E-state index in [1.165, 1.54) is 11.2 Å². The zero-order valence-corrected chi connectivity index (χ0v) is 17.2. The fourth-order valence-corrected chi connectivity index (χ4v) is 4.06. The summed E-state index contributed by atoms with van der Waals surface area (Å²) in [6.45, 7) is 5.14. The van der Waals surface area contributed by atoms with E-state index < -0.39 is 39.4 Å². The average Bonchev–Trinajstić information content (AvgIpc) is 2.69. The minimum Gasteiger partial charge on any atom is -0.449 e. The molecule has 7 nitrogen and oxygen atoms in total. The molecule has 1 atom stereocenters. The number of nitrogens with zero attached hydrogens (tertiary/aromatic N) is 1. The summed E-state index contributed by atoms with van der Waals surface area (Å²) in [4.78, 5) is 24.3. The molecule has 2 aromatic carbocycles. The zero-order valence-electron chi connectivity index (χ0n) is 16.4.